The summed E-state index contributed by atoms with van der Waals surface area (Å²) in [5.74, 6) is -0.986. The second-order valence-corrected chi connectivity index (χ2v) is 4.30. The highest BCUT2D eigenvalue weighted by molar-refractivity contribution is 5.40. The van der Waals surface area contributed by atoms with Gasteiger partial charge in [-0.15, -0.1) is 0 Å². The van der Waals surface area contributed by atoms with Crippen LogP contribution < -0.4 is 10.5 Å². The normalized spacial score (nSPS) is 10.5. The highest BCUT2D eigenvalue weighted by atomic mass is 19.1. The summed E-state index contributed by atoms with van der Waals surface area (Å²) in [7, 11) is 0. The highest BCUT2D eigenvalue weighted by Gasteiger charge is 2.13. The van der Waals surface area contributed by atoms with Gasteiger partial charge in [0.15, 0.2) is 23.1 Å². The fourth-order valence-electron chi connectivity index (χ4n) is 1.82. The number of nitrogens with two attached hydrogens (primary N) is 1. The Hall–Kier alpha value is -1.94. The van der Waals surface area contributed by atoms with Gasteiger partial charge in [0, 0.05) is 0 Å². The van der Waals surface area contributed by atoms with Crippen molar-refractivity contribution in [3.63, 3.8) is 0 Å². The van der Waals surface area contributed by atoms with Crippen molar-refractivity contribution < 1.29 is 13.5 Å². The molecule has 0 fully saturated rings. The highest BCUT2D eigenvalue weighted by Crippen LogP contribution is 2.30. The first-order chi connectivity index (χ1) is 9.11. The molecular weight excluding hydrogens is 248 g/mol. The van der Waals surface area contributed by atoms with E-state index >= 15 is 0 Å². The molecule has 0 heterocycles. The van der Waals surface area contributed by atoms with Crippen LogP contribution in [-0.4, -0.2) is 6.54 Å². The Balaban J connectivity index is 2.39. The Labute approximate surface area is 110 Å². The molecule has 0 aliphatic heterocycles. The second kappa shape index (κ2) is 5.80. The summed E-state index contributed by atoms with van der Waals surface area (Å²) in [6.45, 7) is 2.19. The van der Waals surface area contributed by atoms with Crippen LogP contribution in [0.2, 0.25) is 0 Å². The molecule has 0 unspecified atom stereocenters. The summed E-state index contributed by atoms with van der Waals surface area (Å²) >= 11 is 0. The van der Waals surface area contributed by atoms with Gasteiger partial charge in [-0.25, -0.2) is 8.78 Å². The van der Waals surface area contributed by atoms with Crippen LogP contribution >= 0.6 is 0 Å². The molecule has 0 aromatic heterocycles. The molecule has 0 atom stereocenters. The Kier molecular flexibility index (Phi) is 4.12. The van der Waals surface area contributed by atoms with Crippen molar-refractivity contribution in [2.24, 2.45) is 5.73 Å². The van der Waals surface area contributed by atoms with Crippen LogP contribution in [0.25, 0.3) is 0 Å². The number of hydrogen-bond acceptors (Lipinski definition) is 2. The number of para-hydroxylation sites is 1. The lowest BCUT2D eigenvalue weighted by Gasteiger charge is -2.12. The van der Waals surface area contributed by atoms with E-state index in [0.717, 1.165) is 5.56 Å². The fourth-order valence-corrected chi connectivity index (χ4v) is 1.82. The van der Waals surface area contributed by atoms with Gasteiger partial charge in [0.05, 0.1) is 0 Å². The molecule has 0 spiro atoms. The van der Waals surface area contributed by atoms with Gasteiger partial charge in [-0.2, -0.15) is 0 Å². The number of halogens is 2. The third-order valence-electron chi connectivity index (χ3n) is 2.76. The third-order valence-corrected chi connectivity index (χ3v) is 2.76. The minimum absolute atomic E-state index is 0.0170. The minimum Gasteiger partial charge on any atom is -0.451 e. The smallest absolute Gasteiger partial charge is 0.166 e. The largest absolute Gasteiger partial charge is 0.451 e. The van der Waals surface area contributed by atoms with E-state index in [1.807, 2.05) is 6.92 Å². The summed E-state index contributed by atoms with van der Waals surface area (Å²) in [4.78, 5) is 0. The van der Waals surface area contributed by atoms with Gasteiger partial charge in [0.2, 0.25) is 0 Å². The maximum Gasteiger partial charge on any atom is 0.166 e. The predicted octanol–water partition coefficient (Wildman–Crippen LogP) is 3.57. The van der Waals surface area contributed by atoms with E-state index in [1.165, 1.54) is 18.2 Å². The molecule has 0 saturated heterocycles. The van der Waals surface area contributed by atoms with Gasteiger partial charge in [0.1, 0.15) is 0 Å². The molecule has 2 rings (SSSR count). The standard InChI is InChI=1S/C15H15F2NO/c1-10-5-6-12(16)14(9-10)19-15-11(7-8-18)3-2-4-13(15)17/h2-6,9H,7-8,18H2,1H3. The monoisotopic (exact) mass is 263 g/mol. The molecule has 0 bridgehead atoms. The molecule has 100 valence electrons. The molecule has 0 amide bonds. The molecule has 0 aliphatic carbocycles. The van der Waals surface area contributed by atoms with Crippen LogP contribution in [0.1, 0.15) is 11.1 Å². The zero-order chi connectivity index (χ0) is 13.8. The second-order valence-electron chi connectivity index (χ2n) is 4.30. The summed E-state index contributed by atoms with van der Waals surface area (Å²) in [6.07, 6.45) is 0.473. The molecule has 0 radical (unpaired) electrons. The number of benzene rings is 2. The molecule has 0 aliphatic rings. The number of rotatable bonds is 4. The quantitative estimate of drug-likeness (QED) is 0.915. The lowest BCUT2D eigenvalue weighted by Crippen LogP contribution is -2.05. The lowest BCUT2D eigenvalue weighted by molar-refractivity contribution is 0.409. The van der Waals surface area contributed by atoms with Crippen molar-refractivity contribution in [1.82, 2.24) is 0 Å². The van der Waals surface area contributed by atoms with E-state index in [9.17, 15) is 8.78 Å². The Bertz CT molecular complexity index is 584. The van der Waals surface area contributed by atoms with Crippen molar-refractivity contribution in [1.29, 1.82) is 0 Å². The molecule has 4 heteroatoms. The molecular formula is C15H15F2NO. The first-order valence-corrected chi connectivity index (χ1v) is 6.03. The van der Waals surface area contributed by atoms with E-state index in [-0.39, 0.29) is 11.5 Å². The molecule has 0 saturated carbocycles. The van der Waals surface area contributed by atoms with Crippen LogP contribution in [0.4, 0.5) is 8.78 Å². The van der Waals surface area contributed by atoms with E-state index in [4.69, 9.17) is 10.5 Å². The van der Waals surface area contributed by atoms with Crippen LogP contribution in [0.15, 0.2) is 36.4 Å². The number of hydrogen-bond donors (Lipinski definition) is 1. The molecule has 2 aromatic carbocycles. The van der Waals surface area contributed by atoms with Crippen molar-refractivity contribution in [3.05, 3.63) is 59.2 Å². The van der Waals surface area contributed by atoms with Crippen LogP contribution in [0.3, 0.4) is 0 Å². The van der Waals surface area contributed by atoms with Gasteiger partial charge in [-0.05, 0) is 49.2 Å². The van der Waals surface area contributed by atoms with Gasteiger partial charge in [-0.3, -0.25) is 0 Å². The molecule has 2 nitrogen and oxygen atoms in total. The lowest BCUT2D eigenvalue weighted by atomic mass is 10.1. The van der Waals surface area contributed by atoms with Gasteiger partial charge < -0.3 is 10.5 Å². The summed E-state index contributed by atoms with van der Waals surface area (Å²) < 4.78 is 32.8. The van der Waals surface area contributed by atoms with Gasteiger partial charge in [0.25, 0.3) is 0 Å². The maximum atomic E-state index is 13.8. The third kappa shape index (κ3) is 3.09. The fraction of sp³-hybridized carbons (Fsp3) is 0.200. The van der Waals surface area contributed by atoms with E-state index in [0.29, 0.717) is 18.5 Å². The van der Waals surface area contributed by atoms with E-state index in [1.54, 1.807) is 18.2 Å². The Morgan fingerprint density at radius 3 is 2.63 bits per heavy atom. The summed E-state index contributed by atoms with van der Waals surface area (Å²) in [6, 6.07) is 9.05. The Morgan fingerprint density at radius 2 is 1.89 bits per heavy atom. The van der Waals surface area contributed by atoms with Crippen molar-refractivity contribution in [3.8, 4) is 11.5 Å². The minimum atomic E-state index is -0.521. The van der Waals surface area contributed by atoms with Crippen molar-refractivity contribution in [2.75, 3.05) is 6.54 Å². The molecule has 19 heavy (non-hydrogen) atoms. The maximum absolute atomic E-state index is 13.8. The SMILES string of the molecule is Cc1ccc(F)c(Oc2c(F)cccc2CCN)c1. The molecule has 2 aromatic rings. The Morgan fingerprint density at radius 1 is 1.11 bits per heavy atom. The van der Waals surface area contributed by atoms with Crippen molar-refractivity contribution >= 4 is 0 Å². The first kappa shape index (κ1) is 13.5. The number of aryl methyl sites for hydroxylation is 1. The van der Waals surface area contributed by atoms with Crippen molar-refractivity contribution in [2.45, 2.75) is 13.3 Å². The average Bonchev–Trinajstić information content (AvgIpc) is 2.38. The average molecular weight is 263 g/mol. The van der Waals surface area contributed by atoms with Gasteiger partial charge >= 0.3 is 0 Å². The van der Waals surface area contributed by atoms with Crippen LogP contribution in [-0.2, 0) is 6.42 Å². The van der Waals surface area contributed by atoms with Crippen LogP contribution in [0.5, 0.6) is 11.5 Å². The molecule has 2 N–H and O–H groups in total. The zero-order valence-electron chi connectivity index (χ0n) is 10.6. The zero-order valence-corrected chi connectivity index (χ0v) is 10.6. The number of ether oxygens (including phenoxy) is 1. The van der Waals surface area contributed by atoms with E-state index < -0.39 is 11.6 Å². The topological polar surface area (TPSA) is 35.2 Å². The summed E-state index contributed by atoms with van der Waals surface area (Å²) in [5.41, 5.74) is 6.94. The summed E-state index contributed by atoms with van der Waals surface area (Å²) in [5, 5.41) is 0. The predicted molar refractivity (Wildman–Crippen MR) is 70.4 cm³/mol. The van der Waals surface area contributed by atoms with Crippen LogP contribution in [0, 0.1) is 18.6 Å². The van der Waals surface area contributed by atoms with Gasteiger partial charge in [-0.1, -0.05) is 18.2 Å². The first-order valence-electron chi connectivity index (χ1n) is 6.03. The van der Waals surface area contributed by atoms with E-state index in [2.05, 4.69) is 0 Å².